The summed E-state index contributed by atoms with van der Waals surface area (Å²) in [5, 5.41) is 22.6. The van der Waals surface area contributed by atoms with Gasteiger partial charge in [-0.1, -0.05) is 55.5 Å². The molecule has 5 rings (SSSR count). The number of aromatic carboxylic acids is 2. The van der Waals surface area contributed by atoms with Crippen LogP contribution in [0.4, 0.5) is 0 Å². The Bertz CT molecular complexity index is 1240. The van der Waals surface area contributed by atoms with Crippen LogP contribution in [0.2, 0.25) is 0 Å². The summed E-state index contributed by atoms with van der Waals surface area (Å²) in [6, 6.07) is 23.0. The van der Waals surface area contributed by atoms with Gasteiger partial charge in [0, 0.05) is 0 Å². The van der Waals surface area contributed by atoms with E-state index in [4.69, 9.17) is 10.2 Å². The lowest BCUT2D eigenvalue weighted by molar-refractivity contribution is 0.0681. The molecule has 4 aromatic carbocycles. The molecule has 2 N–H and O–H groups in total. The highest BCUT2D eigenvalue weighted by Crippen LogP contribution is 2.34. The summed E-state index contributed by atoms with van der Waals surface area (Å²) in [4.78, 5) is 20.7. The monoisotopic (exact) mass is 412 g/mol. The second kappa shape index (κ2) is 8.60. The average molecular weight is 412 g/mol. The fourth-order valence-corrected chi connectivity index (χ4v) is 4.28. The quantitative estimate of drug-likeness (QED) is 0.384. The Morgan fingerprint density at radius 2 is 1.35 bits per heavy atom. The van der Waals surface area contributed by atoms with Crippen LogP contribution in [0.3, 0.4) is 0 Å². The third-order valence-electron chi connectivity index (χ3n) is 5.97. The van der Waals surface area contributed by atoms with E-state index in [0.29, 0.717) is 0 Å². The highest BCUT2D eigenvalue weighted by atomic mass is 16.4. The molecule has 4 aromatic rings. The molecule has 0 saturated carbocycles. The van der Waals surface area contributed by atoms with E-state index in [0.717, 1.165) is 5.92 Å². The second-order valence-electron chi connectivity index (χ2n) is 8.12. The molecule has 0 radical (unpaired) electrons. The molecule has 1 unspecified atom stereocenters. The zero-order chi connectivity index (χ0) is 22.0. The van der Waals surface area contributed by atoms with Crippen LogP contribution < -0.4 is 0 Å². The third kappa shape index (κ3) is 4.29. The predicted molar refractivity (Wildman–Crippen MR) is 123 cm³/mol. The summed E-state index contributed by atoms with van der Waals surface area (Å²) in [5.41, 5.74) is 3.34. The Labute approximate surface area is 180 Å². The molecule has 0 bridgehead atoms. The number of aryl methyl sites for hydroxylation is 1. The largest absolute Gasteiger partial charge is 0.478 e. The fraction of sp³-hybridized carbons (Fsp3) is 0.185. The Hall–Kier alpha value is -3.66. The number of hydrogen-bond donors (Lipinski definition) is 2. The molecule has 0 aromatic heterocycles. The van der Waals surface area contributed by atoms with E-state index >= 15 is 0 Å². The van der Waals surface area contributed by atoms with Gasteiger partial charge in [0.05, 0.1) is 11.1 Å². The zero-order valence-corrected chi connectivity index (χ0v) is 17.3. The summed E-state index contributed by atoms with van der Waals surface area (Å²) in [6.07, 6.45) is 3.83. The minimum absolute atomic E-state index is 0.0833. The predicted octanol–water partition coefficient (Wildman–Crippen LogP) is 6.20. The van der Waals surface area contributed by atoms with E-state index in [1.807, 2.05) is 0 Å². The van der Waals surface area contributed by atoms with Crippen molar-refractivity contribution in [2.24, 2.45) is 5.92 Å². The molecule has 1 atom stereocenters. The van der Waals surface area contributed by atoms with Crippen molar-refractivity contribution in [3.05, 3.63) is 95.1 Å². The Kier molecular flexibility index (Phi) is 5.72. The Morgan fingerprint density at radius 1 is 0.742 bits per heavy atom. The van der Waals surface area contributed by atoms with Crippen molar-refractivity contribution in [3.63, 3.8) is 0 Å². The molecule has 0 spiro atoms. The number of fused-ring (bicyclic) bond motifs is 5. The Balaban J connectivity index is 0.000000168. The Morgan fingerprint density at radius 3 is 2.00 bits per heavy atom. The lowest BCUT2D eigenvalue weighted by Gasteiger charge is -2.23. The van der Waals surface area contributed by atoms with E-state index in [2.05, 4.69) is 55.5 Å². The number of carbonyl (C=O) groups is 2. The van der Waals surface area contributed by atoms with E-state index in [1.54, 1.807) is 11.1 Å². The van der Waals surface area contributed by atoms with Crippen molar-refractivity contribution in [1.82, 2.24) is 0 Å². The number of rotatable bonds is 2. The van der Waals surface area contributed by atoms with E-state index in [-0.39, 0.29) is 11.1 Å². The smallest absolute Gasteiger partial charge is 0.335 e. The SMILES string of the molecule is CC1CCc2ccc3c(ccc4ccccc43)c2C1.O=C(O)c1ccc(C(=O)O)cc1. The molecule has 4 heteroatoms. The van der Waals surface area contributed by atoms with Crippen LogP contribution in [-0.2, 0) is 12.8 Å². The fourth-order valence-electron chi connectivity index (χ4n) is 4.28. The van der Waals surface area contributed by atoms with Gasteiger partial charge in [-0.3, -0.25) is 0 Å². The molecule has 1 aliphatic rings. The van der Waals surface area contributed by atoms with Crippen molar-refractivity contribution in [3.8, 4) is 0 Å². The molecular weight excluding hydrogens is 388 g/mol. The maximum atomic E-state index is 10.3. The molecule has 156 valence electrons. The van der Waals surface area contributed by atoms with Crippen LogP contribution in [0.5, 0.6) is 0 Å². The number of carboxylic acid groups (broad SMARTS) is 2. The van der Waals surface area contributed by atoms with E-state index < -0.39 is 11.9 Å². The van der Waals surface area contributed by atoms with Gasteiger partial charge in [-0.25, -0.2) is 9.59 Å². The normalized spacial score (nSPS) is 15.1. The summed E-state index contributed by atoms with van der Waals surface area (Å²) in [5.74, 6) is -1.30. The van der Waals surface area contributed by atoms with Crippen molar-refractivity contribution >= 4 is 33.5 Å². The minimum Gasteiger partial charge on any atom is -0.478 e. The van der Waals surface area contributed by atoms with Crippen LogP contribution >= 0.6 is 0 Å². The molecule has 0 aliphatic heterocycles. The summed E-state index contributed by atoms with van der Waals surface area (Å²) >= 11 is 0. The van der Waals surface area contributed by atoms with Crippen molar-refractivity contribution < 1.29 is 19.8 Å². The lowest BCUT2D eigenvalue weighted by Crippen LogP contribution is -2.11. The third-order valence-corrected chi connectivity index (χ3v) is 5.97. The first-order valence-electron chi connectivity index (χ1n) is 10.4. The zero-order valence-electron chi connectivity index (χ0n) is 17.3. The van der Waals surface area contributed by atoms with Crippen LogP contribution in [0.25, 0.3) is 21.5 Å². The number of benzene rings is 4. The molecule has 4 nitrogen and oxygen atoms in total. The van der Waals surface area contributed by atoms with Crippen molar-refractivity contribution in [1.29, 1.82) is 0 Å². The van der Waals surface area contributed by atoms with E-state index in [1.165, 1.54) is 65.1 Å². The molecule has 31 heavy (non-hydrogen) atoms. The molecule has 0 amide bonds. The van der Waals surface area contributed by atoms with Crippen LogP contribution in [0.15, 0.2) is 72.8 Å². The molecule has 0 fully saturated rings. The first-order chi connectivity index (χ1) is 14.9. The molecule has 1 aliphatic carbocycles. The molecule has 0 saturated heterocycles. The van der Waals surface area contributed by atoms with Gasteiger partial charge in [0.25, 0.3) is 0 Å². The van der Waals surface area contributed by atoms with Crippen LogP contribution in [0.1, 0.15) is 45.2 Å². The first kappa shape index (κ1) is 20.6. The van der Waals surface area contributed by atoms with Gasteiger partial charge in [0.15, 0.2) is 0 Å². The van der Waals surface area contributed by atoms with Crippen molar-refractivity contribution in [2.45, 2.75) is 26.2 Å². The minimum atomic E-state index is -1.06. The number of carboxylic acids is 2. The lowest BCUT2D eigenvalue weighted by atomic mass is 9.82. The van der Waals surface area contributed by atoms with Crippen molar-refractivity contribution in [2.75, 3.05) is 0 Å². The average Bonchev–Trinajstić information content (AvgIpc) is 2.79. The summed E-state index contributed by atoms with van der Waals surface area (Å²) in [7, 11) is 0. The molecule has 0 heterocycles. The van der Waals surface area contributed by atoms with Gasteiger partial charge in [0.1, 0.15) is 0 Å². The van der Waals surface area contributed by atoms with Gasteiger partial charge >= 0.3 is 11.9 Å². The molecular formula is C27H24O4. The number of hydrogen-bond acceptors (Lipinski definition) is 2. The van der Waals surface area contributed by atoms with Gasteiger partial charge < -0.3 is 10.2 Å². The standard InChI is InChI=1S/C19H18.C8H6O4/c1-13-6-7-15-9-10-17-16-5-3-2-4-14(16)8-11-18(17)19(15)12-13;9-7(10)5-1-2-6(4-3-5)8(11)12/h2-5,8-11,13H,6-7,12H2,1H3;1-4H,(H,9,10)(H,11,12). The van der Waals surface area contributed by atoms with Gasteiger partial charge in [-0.05, 0) is 82.1 Å². The summed E-state index contributed by atoms with van der Waals surface area (Å²) in [6.45, 7) is 2.38. The van der Waals surface area contributed by atoms with Gasteiger partial charge in [-0.2, -0.15) is 0 Å². The highest BCUT2D eigenvalue weighted by molar-refractivity contribution is 6.08. The van der Waals surface area contributed by atoms with Gasteiger partial charge in [-0.15, -0.1) is 0 Å². The maximum absolute atomic E-state index is 10.3. The second-order valence-corrected chi connectivity index (χ2v) is 8.12. The van der Waals surface area contributed by atoms with Crippen LogP contribution in [-0.4, -0.2) is 22.2 Å². The van der Waals surface area contributed by atoms with E-state index in [9.17, 15) is 9.59 Å². The summed E-state index contributed by atoms with van der Waals surface area (Å²) < 4.78 is 0. The highest BCUT2D eigenvalue weighted by Gasteiger charge is 2.17. The van der Waals surface area contributed by atoms with Crippen LogP contribution in [0, 0.1) is 5.92 Å². The van der Waals surface area contributed by atoms with Gasteiger partial charge in [0.2, 0.25) is 0 Å². The topological polar surface area (TPSA) is 74.6 Å². The first-order valence-corrected chi connectivity index (χ1v) is 10.4. The maximum Gasteiger partial charge on any atom is 0.335 e.